The number of alkyl halides is 2. The van der Waals surface area contributed by atoms with Crippen LogP contribution in [0.5, 0.6) is 5.75 Å². The predicted molar refractivity (Wildman–Crippen MR) is 107 cm³/mol. The van der Waals surface area contributed by atoms with Crippen molar-refractivity contribution in [3.05, 3.63) is 82.4 Å². The normalized spacial score (nSPS) is 11.8. The van der Waals surface area contributed by atoms with Gasteiger partial charge in [0.05, 0.1) is 16.8 Å². The standard InChI is InChI=1S/C22H13F6NO2S/c1-30-10-11-2-4-14(15(23)6-11)12-3-5-18-19(7-12)32-21(29-18)22(27,28)31-13-8-16(24)20(26)17(25)9-13/h2-9H,10H2,1H3. The van der Waals surface area contributed by atoms with Gasteiger partial charge in [0.25, 0.3) is 0 Å². The number of ether oxygens (including phenoxy) is 2. The summed E-state index contributed by atoms with van der Waals surface area (Å²) in [5.74, 6) is -6.52. The fraction of sp³-hybridized carbons (Fsp3) is 0.136. The molecule has 0 amide bonds. The van der Waals surface area contributed by atoms with Crippen LogP contribution in [0.3, 0.4) is 0 Å². The zero-order chi connectivity index (χ0) is 23.0. The average molecular weight is 469 g/mol. The molecular formula is C22H13F6NO2S. The minimum absolute atomic E-state index is 0.199. The fourth-order valence-corrected chi connectivity index (χ4v) is 3.97. The molecule has 0 radical (unpaired) electrons. The first kappa shape index (κ1) is 22.1. The van der Waals surface area contributed by atoms with Gasteiger partial charge in [0, 0.05) is 24.8 Å². The molecule has 0 saturated heterocycles. The Labute approximate surface area is 181 Å². The molecule has 0 spiro atoms. The summed E-state index contributed by atoms with van der Waals surface area (Å²) in [6.45, 7) is 0.241. The van der Waals surface area contributed by atoms with Gasteiger partial charge in [-0.15, -0.1) is 11.3 Å². The number of nitrogens with zero attached hydrogens (tertiary/aromatic N) is 1. The Hall–Kier alpha value is -3.11. The second-order valence-corrected chi connectivity index (χ2v) is 7.80. The largest absolute Gasteiger partial charge is 0.454 e. The Morgan fingerprint density at radius 2 is 1.62 bits per heavy atom. The average Bonchev–Trinajstić information content (AvgIpc) is 3.16. The second kappa shape index (κ2) is 8.44. The molecule has 4 rings (SSSR count). The molecule has 0 saturated carbocycles. The molecule has 0 bridgehead atoms. The van der Waals surface area contributed by atoms with Gasteiger partial charge in [-0.05, 0) is 29.3 Å². The van der Waals surface area contributed by atoms with Crippen LogP contribution in [-0.4, -0.2) is 12.1 Å². The van der Waals surface area contributed by atoms with Crippen molar-refractivity contribution in [2.45, 2.75) is 12.7 Å². The quantitative estimate of drug-likeness (QED) is 0.230. The lowest BCUT2D eigenvalue weighted by molar-refractivity contribution is -0.185. The van der Waals surface area contributed by atoms with E-state index >= 15 is 0 Å². The molecule has 0 atom stereocenters. The number of rotatable bonds is 6. The van der Waals surface area contributed by atoms with Crippen LogP contribution >= 0.6 is 11.3 Å². The minimum atomic E-state index is -4.05. The third kappa shape index (κ3) is 4.28. The maximum atomic E-state index is 14.6. The van der Waals surface area contributed by atoms with Crippen molar-refractivity contribution in [1.29, 1.82) is 0 Å². The lowest BCUT2D eigenvalue weighted by Gasteiger charge is -2.15. The molecule has 3 nitrogen and oxygen atoms in total. The molecule has 32 heavy (non-hydrogen) atoms. The number of benzene rings is 3. The highest BCUT2D eigenvalue weighted by atomic mass is 32.1. The van der Waals surface area contributed by atoms with Crippen molar-refractivity contribution in [1.82, 2.24) is 4.98 Å². The summed E-state index contributed by atoms with van der Waals surface area (Å²) in [7, 11) is 1.49. The first-order valence-corrected chi connectivity index (χ1v) is 9.90. The minimum Gasteiger partial charge on any atom is -0.427 e. The number of aromatic nitrogens is 1. The van der Waals surface area contributed by atoms with Crippen molar-refractivity contribution in [3.8, 4) is 16.9 Å². The van der Waals surface area contributed by atoms with E-state index in [2.05, 4.69) is 9.72 Å². The number of methoxy groups -OCH3 is 1. The van der Waals surface area contributed by atoms with Crippen LogP contribution in [0.4, 0.5) is 26.3 Å². The van der Waals surface area contributed by atoms with Gasteiger partial charge in [-0.1, -0.05) is 18.2 Å². The molecule has 0 N–H and O–H groups in total. The molecule has 10 heteroatoms. The maximum Gasteiger partial charge on any atom is 0.454 e. The Balaban J connectivity index is 1.65. The van der Waals surface area contributed by atoms with E-state index in [1.807, 2.05) is 0 Å². The van der Waals surface area contributed by atoms with Gasteiger partial charge in [0.2, 0.25) is 5.01 Å². The summed E-state index contributed by atoms with van der Waals surface area (Å²) >= 11 is 0.571. The van der Waals surface area contributed by atoms with E-state index in [1.165, 1.54) is 31.4 Å². The first-order valence-electron chi connectivity index (χ1n) is 9.08. The zero-order valence-electron chi connectivity index (χ0n) is 16.3. The highest BCUT2D eigenvalue weighted by Crippen LogP contribution is 2.38. The van der Waals surface area contributed by atoms with E-state index in [9.17, 15) is 26.3 Å². The highest BCUT2D eigenvalue weighted by molar-refractivity contribution is 7.18. The van der Waals surface area contributed by atoms with Crippen molar-refractivity contribution < 1.29 is 35.8 Å². The summed E-state index contributed by atoms with van der Waals surface area (Å²) in [4.78, 5) is 3.81. The van der Waals surface area contributed by atoms with E-state index in [0.717, 1.165) is 0 Å². The summed E-state index contributed by atoms with van der Waals surface area (Å²) in [6, 6.07) is 9.67. The third-order valence-electron chi connectivity index (χ3n) is 4.50. The Kier molecular flexibility index (Phi) is 5.83. The van der Waals surface area contributed by atoms with Gasteiger partial charge in [0.15, 0.2) is 17.5 Å². The number of thiazole rings is 1. The molecular weight excluding hydrogens is 456 g/mol. The van der Waals surface area contributed by atoms with E-state index < -0.39 is 40.1 Å². The number of fused-ring (bicyclic) bond motifs is 1. The molecule has 0 fully saturated rings. The SMILES string of the molecule is COCc1ccc(-c2ccc3nc(C(F)(F)Oc4cc(F)c(F)c(F)c4)sc3c2)c(F)c1. The Morgan fingerprint density at radius 3 is 2.28 bits per heavy atom. The van der Waals surface area contributed by atoms with Gasteiger partial charge in [-0.25, -0.2) is 22.5 Å². The molecule has 0 aliphatic rings. The summed E-state index contributed by atoms with van der Waals surface area (Å²) in [5, 5.41) is -0.786. The fourth-order valence-electron chi connectivity index (χ4n) is 3.05. The van der Waals surface area contributed by atoms with E-state index in [-0.39, 0.29) is 17.7 Å². The van der Waals surface area contributed by atoms with Crippen LogP contribution in [0.1, 0.15) is 10.6 Å². The van der Waals surface area contributed by atoms with Crippen molar-refractivity contribution in [2.24, 2.45) is 0 Å². The van der Waals surface area contributed by atoms with Gasteiger partial charge in [-0.2, -0.15) is 8.78 Å². The molecule has 166 valence electrons. The smallest absolute Gasteiger partial charge is 0.427 e. The van der Waals surface area contributed by atoms with Crippen LogP contribution in [-0.2, 0) is 17.5 Å². The molecule has 0 aliphatic heterocycles. The van der Waals surface area contributed by atoms with Gasteiger partial charge < -0.3 is 9.47 Å². The number of hydrogen-bond donors (Lipinski definition) is 0. The predicted octanol–water partition coefficient (Wildman–Crippen LogP) is 6.79. The molecule has 1 heterocycles. The highest BCUT2D eigenvalue weighted by Gasteiger charge is 2.39. The first-order chi connectivity index (χ1) is 15.2. The summed E-state index contributed by atoms with van der Waals surface area (Å²) in [5.41, 5.74) is 1.55. The molecule has 1 aromatic heterocycles. The monoisotopic (exact) mass is 469 g/mol. The molecule has 0 aliphatic carbocycles. The van der Waals surface area contributed by atoms with Gasteiger partial charge in [0.1, 0.15) is 11.6 Å². The summed E-state index contributed by atoms with van der Waals surface area (Å²) in [6.07, 6.45) is -4.05. The molecule has 4 aromatic rings. The second-order valence-electron chi connectivity index (χ2n) is 6.77. The van der Waals surface area contributed by atoms with Crippen LogP contribution in [0.25, 0.3) is 21.3 Å². The van der Waals surface area contributed by atoms with Gasteiger partial charge in [-0.3, -0.25) is 0 Å². The number of hydrogen-bond acceptors (Lipinski definition) is 4. The lowest BCUT2D eigenvalue weighted by Crippen LogP contribution is -2.21. The lowest BCUT2D eigenvalue weighted by atomic mass is 10.0. The van der Waals surface area contributed by atoms with Gasteiger partial charge >= 0.3 is 6.11 Å². The maximum absolute atomic E-state index is 14.6. The van der Waals surface area contributed by atoms with E-state index in [0.29, 0.717) is 39.3 Å². The van der Waals surface area contributed by atoms with E-state index in [4.69, 9.17) is 4.74 Å². The Bertz CT molecular complexity index is 1280. The summed E-state index contributed by atoms with van der Waals surface area (Å²) < 4.78 is 92.9. The third-order valence-corrected chi connectivity index (χ3v) is 5.57. The zero-order valence-corrected chi connectivity index (χ0v) is 17.1. The molecule has 0 unspecified atom stereocenters. The molecule has 3 aromatic carbocycles. The van der Waals surface area contributed by atoms with Crippen LogP contribution in [0.2, 0.25) is 0 Å². The topological polar surface area (TPSA) is 31.4 Å². The van der Waals surface area contributed by atoms with Crippen LogP contribution in [0, 0.1) is 23.3 Å². The van der Waals surface area contributed by atoms with Crippen LogP contribution in [0.15, 0.2) is 48.5 Å². The van der Waals surface area contributed by atoms with E-state index in [1.54, 1.807) is 12.1 Å². The van der Waals surface area contributed by atoms with Crippen molar-refractivity contribution in [3.63, 3.8) is 0 Å². The Morgan fingerprint density at radius 1 is 0.906 bits per heavy atom. The van der Waals surface area contributed by atoms with Crippen molar-refractivity contribution in [2.75, 3.05) is 7.11 Å². The number of halogens is 6. The van der Waals surface area contributed by atoms with Crippen molar-refractivity contribution >= 4 is 21.6 Å². The van der Waals surface area contributed by atoms with Crippen LogP contribution < -0.4 is 4.74 Å².